The Morgan fingerprint density at radius 2 is 1.83 bits per heavy atom. The molecule has 0 unspecified atom stereocenters. The minimum Gasteiger partial charge on any atom is -0.347 e. The van der Waals surface area contributed by atoms with Crippen LogP contribution in [0.3, 0.4) is 0 Å². The van der Waals surface area contributed by atoms with Crippen LogP contribution in [0.25, 0.3) is 0 Å². The highest BCUT2D eigenvalue weighted by Gasteiger charge is 2.31. The molecule has 23 heavy (non-hydrogen) atoms. The van der Waals surface area contributed by atoms with Crippen LogP contribution in [0.1, 0.15) is 16.8 Å². The van der Waals surface area contributed by atoms with Gasteiger partial charge in [0, 0.05) is 24.2 Å². The summed E-state index contributed by atoms with van der Waals surface area (Å²) in [6.07, 6.45) is 0.171. The van der Waals surface area contributed by atoms with Crippen LogP contribution in [0, 0.1) is 11.6 Å². The molecule has 1 saturated heterocycles. The fraction of sp³-hybridized carbons (Fsp3) is 0.176. The second-order valence-corrected chi connectivity index (χ2v) is 5.34. The molecule has 1 heterocycles. The van der Waals surface area contributed by atoms with Gasteiger partial charge in [-0.1, -0.05) is 18.2 Å². The van der Waals surface area contributed by atoms with E-state index in [9.17, 15) is 18.4 Å². The Balaban J connectivity index is 1.68. The van der Waals surface area contributed by atoms with Crippen molar-refractivity contribution >= 4 is 17.5 Å². The monoisotopic (exact) mass is 316 g/mol. The molecule has 118 valence electrons. The molecule has 0 bridgehead atoms. The highest BCUT2D eigenvalue weighted by atomic mass is 19.2. The molecule has 2 aromatic rings. The SMILES string of the molecule is O=C(N[C@H]1CC(=O)N(c2ccccc2)C1)c1ccc(F)c(F)c1. The van der Waals surface area contributed by atoms with Crippen LogP contribution in [-0.4, -0.2) is 24.4 Å². The minimum absolute atomic E-state index is 0.0227. The van der Waals surface area contributed by atoms with Crippen LogP contribution in [0.2, 0.25) is 0 Å². The van der Waals surface area contributed by atoms with Gasteiger partial charge in [0.25, 0.3) is 5.91 Å². The summed E-state index contributed by atoms with van der Waals surface area (Å²) in [5.74, 6) is -2.71. The molecular formula is C17H14F2N2O2. The smallest absolute Gasteiger partial charge is 0.251 e. The molecule has 0 radical (unpaired) electrons. The number of amides is 2. The van der Waals surface area contributed by atoms with Crippen LogP contribution < -0.4 is 10.2 Å². The van der Waals surface area contributed by atoms with E-state index in [-0.39, 0.29) is 23.9 Å². The Morgan fingerprint density at radius 1 is 1.09 bits per heavy atom. The van der Waals surface area contributed by atoms with Crippen molar-refractivity contribution in [2.45, 2.75) is 12.5 Å². The van der Waals surface area contributed by atoms with E-state index in [1.54, 1.807) is 4.90 Å². The van der Waals surface area contributed by atoms with Gasteiger partial charge in [0.05, 0.1) is 6.04 Å². The predicted octanol–water partition coefficient (Wildman–Crippen LogP) is 2.50. The zero-order valence-corrected chi connectivity index (χ0v) is 12.1. The van der Waals surface area contributed by atoms with Crippen molar-refractivity contribution in [3.63, 3.8) is 0 Å². The number of para-hydroxylation sites is 1. The predicted molar refractivity (Wildman–Crippen MR) is 81.0 cm³/mol. The van der Waals surface area contributed by atoms with Crippen molar-refractivity contribution in [1.82, 2.24) is 5.32 Å². The summed E-state index contributed by atoms with van der Waals surface area (Å²) in [7, 11) is 0. The lowest BCUT2D eigenvalue weighted by atomic mass is 10.1. The molecule has 3 rings (SSSR count). The lowest BCUT2D eigenvalue weighted by Gasteiger charge is -2.17. The van der Waals surface area contributed by atoms with E-state index in [1.807, 2.05) is 30.3 Å². The summed E-state index contributed by atoms with van der Waals surface area (Å²) < 4.78 is 26.1. The van der Waals surface area contributed by atoms with E-state index in [0.717, 1.165) is 17.8 Å². The van der Waals surface area contributed by atoms with Crippen LogP contribution >= 0.6 is 0 Å². The second-order valence-electron chi connectivity index (χ2n) is 5.34. The van der Waals surface area contributed by atoms with Gasteiger partial charge in [-0.2, -0.15) is 0 Å². The number of carbonyl (C=O) groups excluding carboxylic acids is 2. The number of carbonyl (C=O) groups is 2. The molecule has 0 aromatic heterocycles. The van der Waals surface area contributed by atoms with E-state index in [1.165, 1.54) is 6.07 Å². The molecule has 2 amide bonds. The van der Waals surface area contributed by atoms with Gasteiger partial charge in [0.1, 0.15) is 0 Å². The Morgan fingerprint density at radius 3 is 2.52 bits per heavy atom. The third kappa shape index (κ3) is 3.21. The van der Waals surface area contributed by atoms with Crippen LogP contribution in [0.15, 0.2) is 48.5 Å². The highest BCUT2D eigenvalue weighted by Crippen LogP contribution is 2.21. The first-order chi connectivity index (χ1) is 11.0. The summed E-state index contributed by atoms with van der Waals surface area (Å²) in [5.41, 5.74) is 0.789. The van der Waals surface area contributed by atoms with Crippen molar-refractivity contribution in [2.24, 2.45) is 0 Å². The maximum absolute atomic E-state index is 13.2. The summed E-state index contributed by atoms with van der Waals surface area (Å²) >= 11 is 0. The van der Waals surface area contributed by atoms with Crippen molar-refractivity contribution in [3.8, 4) is 0 Å². The summed E-state index contributed by atoms with van der Waals surface area (Å²) in [4.78, 5) is 25.7. The number of benzene rings is 2. The first-order valence-electron chi connectivity index (χ1n) is 7.16. The molecule has 1 fully saturated rings. The first kappa shape index (κ1) is 15.1. The van der Waals surface area contributed by atoms with Gasteiger partial charge in [-0.3, -0.25) is 9.59 Å². The average Bonchev–Trinajstić information content (AvgIpc) is 2.91. The third-order valence-electron chi connectivity index (χ3n) is 3.71. The molecule has 0 saturated carbocycles. The van der Waals surface area contributed by atoms with Gasteiger partial charge < -0.3 is 10.2 Å². The topological polar surface area (TPSA) is 49.4 Å². The third-order valence-corrected chi connectivity index (χ3v) is 3.71. The standard InChI is InChI=1S/C17H14F2N2O2/c18-14-7-6-11(8-15(14)19)17(23)20-12-9-16(22)21(10-12)13-4-2-1-3-5-13/h1-8,12H,9-10H2,(H,20,23)/t12-/m0/s1. The fourth-order valence-corrected chi connectivity index (χ4v) is 2.57. The molecule has 0 spiro atoms. The lowest BCUT2D eigenvalue weighted by Crippen LogP contribution is -2.37. The fourth-order valence-electron chi connectivity index (χ4n) is 2.57. The zero-order chi connectivity index (χ0) is 16.4. The maximum atomic E-state index is 13.2. The number of rotatable bonds is 3. The number of nitrogens with zero attached hydrogens (tertiary/aromatic N) is 1. The molecule has 4 nitrogen and oxygen atoms in total. The van der Waals surface area contributed by atoms with Gasteiger partial charge in [0.2, 0.25) is 5.91 Å². The van der Waals surface area contributed by atoms with Gasteiger partial charge in [-0.25, -0.2) is 8.78 Å². The molecule has 6 heteroatoms. The lowest BCUT2D eigenvalue weighted by molar-refractivity contribution is -0.117. The van der Waals surface area contributed by atoms with Crippen molar-refractivity contribution in [3.05, 3.63) is 65.7 Å². The molecule has 0 aliphatic carbocycles. The highest BCUT2D eigenvalue weighted by molar-refractivity contribution is 5.98. The van der Waals surface area contributed by atoms with E-state index in [0.29, 0.717) is 6.54 Å². The van der Waals surface area contributed by atoms with Gasteiger partial charge in [0.15, 0.2) is 11.6 Å². The maximum Gasteiger partial charge on any atom is 0.251 e. The van der Waals surface area contributed by atoms with Crippen molar-refractivity contribution in [1.29, 1.82) is 0 Å². The zero-order valence-electron chi connectivity index (χ0n) is 12.1. The van der Waals surface area contributed by atoms with E-state index in [4.69, 9.17) is 0 Å². The van der Waals surface area contributed by atoms with Gasteiger partial charge >= 0.3 is 0 Å². The number of nitrogens with one attached hydrogen (secondary N) is 1. The summed E-state index contributed by atoms with van der Waals surface area (Å²) in [6.45, 7) is 0.345. The molecule has 1 aliphatic heterocycles. The van der Waals surface area contributed by atoms with Crippen molar-refractivity contribution in [2.75, 3.05) is 11.4 Å². The Hall–Kier alpha value is -2.76. The molecule has 1 N–H and O–H groups in total. The minimum atomic E-state index is -1.08. The molecule has 1 atom stereocenters. The Bertz CT molecular complexity index is 750. The Labute approximate surface area is 131 Å². The normalized spacial score (nSPS) is 17.4. The number of hydrogen-bond acceptors (Lipinski definition) is 2. The molecular weight excluding hydrogens is 302 g/mol. The van der Waals surface area contributed by atoms with Crippen LogP contribution in [0.4, 0.5) is 14.5 Å². The number of anilines is 1. The first-order valence-corrected chi connectivity index (χ1v) is 7.16. The number of halogens is 2. The molecule has 1 aliphatic rings. The average molecular weight is 316 g/mol. The Kier molecular flexibility index (Phi) is 4.06. The number of hydrogen-bond donors (Lipinski definition) is 1. The second kappa shape index (κ2) is 6.16. The largest absolute Gasteiger partial charge is 0.347 e. The van der Waals surface area contributed by atoms with Crippen molar-refractivity contribution < 1.29 is 18.4 Å². The quantitative estimate of drug-likeness (QED) is 0.946. The van der Waals surface area contributed by atoms with Gasteiger partial charge in [-0.15, -0.1) is 0 Å². The summed E-state index contributed by atoms with van der Waals surface area (Å²) in [5, 5.41) is 2.68. The van der Waals surface area contributed by atoms with Gasteiger partial charge in [-0.05, 0) is 30.3 Å². The van der Waals surface area contributed by atoms with Crippen LogP contribution in [-0.2, 0) is 4.79 Å². The van der Waals surface area contributed by atoms with E-state index in [2.05, 4.69) is 5.32 Å². The summed E-state index contributed by atoms with van der Waals surface area (Å²) in [6, 6.07) is 11.7. The molecule has 2 aromatic carbocycles. The van der Waals surface area contributed by atoms with Crippen LogP contribution in [0.5, 0.6) is 0 Å². The van der Waals surface area contributed by atoms with E-state index >= 15 is 0 Å². The van der Waals surface area contributed by atoms with E-state index < -0.39 is 17.5 Å².